The van der Waals surface area contributed by atoms with Gasteiger partial charge in [0.15, 0.2) is 12.4 Å². The summed E-state index contributed by atoms with van der Waals surface area (Å²) >= 11 is 0. The number of carbonyl (C=O) groups excluding carboxylic acids is 3. The van der Waals surface area contributed by atoms with Gasteiger partial charge in [-0.1, -0.05) is 145 Å². The first kappa shape index (κ1) is 55.7. The van der Waals surface area contributed by atoms with Crippen molar-refractivity contribution in [2.45, 2.75) is 180 Å². The maximum Gasteiger partial charge on any atom is 0.306 e. The molecule has 0 aromatic rings. The van der Waals surface area contributed by atoms with Crippen molar-refractivity contribution < 1.29 is 42.9 Å². The molecule has 0 saturated heterocycles. The molecule has 0 bridgehead atoms. The third-order valence-electron chi connectivity index (χ3n) is 9.44. The van der Waals surface area contributed by atoms with Crippen LogP contribution in [-0.2, 0) is 33.3 Å². The number of nitrogens with zero attached hydrogens (tertiary/aromatic N) is 1. The van der Waals surface area contributed by atoms with Crippen molar-refractivity contribution in [3.05, 3.63) is 72.9 Å². The molecule has 0 N–H and O–H groups in total. The minimum absolute atomic E-state index is 0.138. The van der Waals surface area contributed by atoms with E-state index in [0.29, 0.717) is 23.9 Å². The summed E-state index contributed by atoms with van der Waals surface area (Å²) in [5, 5.41) is 11.7. The Bertz CT molecular complexity index is 1200. The molecule has 0 rings (SSSR count). The van der Waals surface area contributed by atoms with Crippen LogP contribution in [0, 0.1) is 0 Å². The molecule has 0 aliphatic carbocycles. The highest BCUT2D eigenvalue weighted by Gasteiger charge is 2.21. The Morgan fingerprint density at radius 2 is 0.966 bits per heavy atom. The molecule has 0 amide bonds. The molecule has 0 spiro atoms. The monoisotopic (exact) mass is 828 g/mol. The van der Waals surface area contributed by atoms with E-state index in [-0.39, 0.29) is 38.6 Å². The molecule has 0 heterocycles. The van der Waals surface area contributed by atoms with Crippen molar-refractivity contribution in [2.24, 2.45) is 0 Å². The zero-order valence-corrected chi connectivity index (χ0v) is 38.1. The lowest BCUT2D eigenvalue weighted by Crippen LogP contribution is -2.44. The number of carbonyl (C=O) groups is 3. The molecule has 0 saturated carbocycles. The maximum absolute atomic E-state index is 12.8. The summed E-state index contributed by atoms with van der Waals surface area (Å²) in [7, 11) is 5.89. The van der Waals surface area contributed by atoms with Gasteiger partial charge in [0, 0.05) is 12.8 Å². The molecule has 59 heavy (non-hydrogen) atoms. The van der Waals surface area contributed by atoms with Crippen LogP contribution >= 0.6 is 0 Å². The van der Waals surface area contributed by atoms with Crippen LogP contribution in [0.2, 0.25) is 0 Å². The molecular formula is C50H85NO8. The Labute approximate surface area is 360 Å². The van der Waals surface area contributed by atoms with Crippen molar-refractivity contribution in [1.29, 1.82) is 0 Å². The molecule has 0 aliphatic heterocycles. The van der Waals surface area contributed by atoms with Gasteiger partial charge in [-0.05, 0) is 83.5 Å². The van der Waals surface area contributed by atoms with Crippen LogP contribution in [0.4, 0.5) is 0 Å². The maximum atomic E-state index is 12.8. The second kappa shape index (κ2) is 41.5. The highest BCUT2D eigenvalue weighted by Crippen LogP contribution is 2.13. The highest BCUT2D eigenvalue weighted by molar-refractivity contribution is 5.70. The number of allylic oxidation sites excluding steroid dienone is 12. The fraction of sp³-hybridized carbons (Fsp3) is 0.700. The Morgan fingerprint density at radius 1 is 0.525 bits per heavy atom. The standard InChI is InChI=1S/C50H85NO8/c1-6-8-10-12-14-16-18-20-22-23-24-25-27-29-31-33-35-37-39-41-48(53)59-46(45-58-50(49(54)55)56-43-42-51(3,4)5)44-57-47(52)40-38-36-34-32-30-28-26-21-19-17-15-13-11-9-7-2/h9,11,14-17,20-22,24-26,46,50H,6-8,10,12-13,18-19,23,27-45H2,1-5H3/b11-9-,16-14-,17-15-,22-20-,25-24-,26-21-. The van der Waals surface area contributed by atoms with E-state index in [1.807, 2.05) is 21.1 Å². The Hall–Kier alpha value is -3.27. The number of rotatable bonds is 41. The van der Waals surface area contributed by atoms with E-state index in [2.05, 4.69) is 86.8 Å². The molecule has 0 aromatic carbocycles. The van der Waals surface area contributed by atoms with E-state index in [9.17, 15) is 19.5 Å². The first-order valence-electron chi connectivity index (χ1n) is 23.1. The average molecular weight is 828 g/mol. The van der Waals surface area contributed by atoms with Gasteiger partial charge in [0.25, 0.3) is 0 Å². The first-order valence-corrected chi connectivity index (χ1v) is 23.1. The van der Waals surface area contributed by atoms with Gasteiger partial charge in [-0.2, -0.15) is 0 Å². The van der Waals surface area contributed by atoms with Crippen LogP contribution in [0.15, 0.2) is 72.9 Å². The van der Waals surface area contributed by atoms with Crippen LogP contribution < -0.4 is 5.11 Å². The molecular weight excluding hydrogens is 743 g/mol. The predicted molar refractivity (Wildman–Crippen MR) is 241 cm³/mol. The van der Waals surface area contributed by atoms with Crippen LogP contribution in [0.1, 0.15) is 168 Å². The number of likely N-dealkylation sites (N-methyl/N-ethyl adjacent to an activating group) is 1. The van der Waals surface area contributed by atoms with Crippen molar-refractivity contribution in [2.75, 3.05) is 47.5 Å². The quantitative estimate of drug-likeness (QED) is 0.0197. The second-order valence-corrected chi connectivity index (χ2v) is 16.3. The third-order valence-corrected chi connectivity index (χ3v) is 9.44. The number of aliphatic carboxylic acids is 1. The number of quaternary nitrogens is 1. The largest absolute Gasteiger partial charge is 0.545 e. The SMILES string of the molecule is CC/C=C\C/C=C\C/C=C\CCCCCCCC(=O)OCC(COC(OCC[N+](C)(C)C)C(=O)[O-])OC(=O)CCCCCCCC/C=C\C/C=C\C/C=C\CCCCC. The normalized spacial score (nSPS) is 13.6. The fourth-order valence-electron chi connectivity index (χ4n) is 5.85. The first-order chi connectivity index (χ1) is 28.6. The number of ether oxygens (including phenoxy) is 4. The molecule has 9 heteroatoms. The van der Waals surface area contributed by atoms with Gasteiger partial charge in [-0.25, -0.2) is 0 Å². The van der Waals surface area contributed by atoms with Crippen molar-refractivity contribution in [1.82, 2.24) is 0 Å². The van der Waals surface area contributed by atoms with E-state index in [0.717, 1.165) is 103 Å². The molecule has 9 nitrogen and oxygen atoms in total. The summed E-state index contributed by atoms with van der Waals surface area (Å²) in [4.78, 5) is 37.0. The topological polar surface area (TPSA) is 111 Å². The van der Waals surface area contributed by atoms with Crippen molar-refractivity contribution >= 4 is 17.9 Å². The molecule has 0 radical (unpaired) electrons. The number of unbranched alkanes of at least 4 members (excludes halogenated alkanes) is 14. The van der Waals surface area contributed by atoms with Gasteiger partial charge in [0.1, 0.15) is 13.2 Å². The Morgan fingerprint density at radius 3 is 1.44 bits per heavy atom. The molecule has 2 atom stereocenters. The molecule has 0 aromatic heterocycles. The van der Waals surface area contributed by atoms with E-state index in [4.69, 9.17) is 18.9 Å². The van der Waals surface area contributed by atoms with Crippen LogP contribution in [0.5, 0.6) is 0 Å². The van der Waals surface area contributed by atoms with Crippen LogP contribution in [-0.4, -0.2) is 82.3 Å². The summed E-state index contributed by atoms with van der Waals surface area (Å²) in [6.45, 7) is 4.54. The van der Waals surface area contributed by atoms with Gasteiger partial charge in [-0.3, -0.25) is 9.59 Å². The summed E-state index contributed by atoms with van der Waals surface area (Å²) in [6, 6.07) is 0. The minimum Gasteiger partial charge on any atom is -0.545 e. The number of carboxylic acid groups (broad SMARTS) is 1. The molecule has 0 fully saturated rings. The summed E-state index contributed by atoms with van der Waals surface area (Å²) in [5.74, 6) is -2.33. The number of carboxylic acids is 1. The van der Waals surface area contributed by atoms with Crippen molar-refractivity contribution in [3.8, 4) is 0 Å². The lowest BCUT2D eigenvalue weighted by Gasteiger charge is -2.26. The average Bonchev–Trinajstić information content (AvgIpc) is 3.19. The zero-order chi connectivity index (χ0) is 43.5. The van der Waals surface area contributed by atoms with Gasteiger partial charge >= 0.3 is 11.9 Å². The lowest BCUT2D eigenvalue weighted by molar-refractivity contribution is -0.870. The Kier molecular flexibility index (Phi) is 39.2. The second-order valence-electron chi connectivity index (χ2n) is 16.3. The number of esters is 2. The van der Waals surface area contributed by atoms with E-state index < -0.39 is 24.3 Å². The van der Waals surface area contributed by atoms with Gasteiger partial charge in [-0.15, -0.1) is 0 Å². The predicted octanol–water partition coefficient (Wildman–Crippen LogP) is 11.0. The zero-order valence-electron chi connectivity index (χ0n) is 38.1. The Balaban J connectivity index is 4.48. The summed E-state index contributed by atoms with van der Waals surface area (Å²) < 4.78 is 22.5. The molecule has 338 valence electrons. The number of hydrogen-bond donors (Lipinski definition) is 0. The smallest absolute Gasteiger partial charge is 0.306 e. The summed E-state index contributed by atoms with van der Waals surface area (Å²) in [6.07, 6.45) is 47.8. The van der Waals surface area contributed by atoms with E-state index in [1.54, 1.807) is 0 Å². The third kappa shape index (κ3) is 42.7. The highest BCUT2D eigenvalue weighted by atomic mass is 16.7. The van der Waals surface area contributed by atoms with Gasteiger partial charge < -0.3 is 33.3 Å². The van der Waals surface area contributed by atoms with Crippen LogP contribution in [0.3, 0.4) is 0 Å². The fourth-order valence-corrected chi connectivity index (χ4v) is 5.85. The van der Waals surface area contributed by atoms with E-state index in [1.165, 1.54) is 25.7 Å². The molecule has 2 unspecified atom stereocenters. The van der Waals surface area contributed by atoms with Gasteiger partial charge in [0.2, 0.25) is 0 Å². The van der Waals surface area contributed by atoms with Crippen molar-refractivity contribution in [3.63, 3.8) is 0 Å². The van der Waals surface area contributed by atoms with Crippen LogP contribution in [0.25, 0.3) is 0 Å². The van der Waals surface area contributed by atoms with E-state index >= 15 is 0 Å². The lowest BCUT2D eigenvalue weighted by atomic mass is 10.1. The number of hydrogen-bond acceptors (Lipinski definition) is 8. The summed E-state index contributed by atoms with van der Waals surface area (Å²) in [5.41, 5.74) is 0. The van der Waals surface area contributed by atoms with Gasteiger partial charge in [0.05, 0.1) is 40.3 Å². The minimum atomic E-state index is -1.63. The molecule has 0 aliphatic rings.